The molecule has 0 aromatic heterocycles. The summed E-state index contributed by atoms with van der Waals surface area (Å²) >= 11 is 6.47. The molecule has 0 N–H and O–H groups in total. The summed E-state index contributed by atoms with van der Waals surface area (Å²) in [5.74, 6) is -2.04. The molecule has 0 aliphatic heterocycles. The number of hydrogen-bond donors (Lipinski definition) is 0. The van der Waals surface area contributed by atoms with Crippen LogP contribution in [0.1, 0.15) is 22.8 Å². The zero-order valence-electron chi connectivity index (χ0n) is 18.1. The van der Waals surface area contributed by atoms with E-state index < -0.39 is 57.5 Å². The van der Waals surface area contributed by atoms with E-state index in [-0.39, 0.29) is 22.3 Å². The average molecular weight is 536 g/mol. The van der Waals surface area contributed by atoms with Gasteiger partial charge in [-0.25, -0.2) is 0 Å². The molecule has 0 aliphatic carbocycles. The molecule has 0 saturated carbocycles. The van der Waals surface area contributed by atoms with E-state index in [2.05, 4.69) is 4.74 Å². The Morgan fingerprint density at radius 1 is 1.17 bits per heavy atom. The van der Waals surface area contributed by atoms with Gasteiger partial charge in [0.05, 0.1) is 28.4 Å². The summed E-state index contributed by atoms with van der Waals surface area (Å²) in [7, 11) is 1.15. The number of benzene rings is 2. The first-order valence-electron chi connectivity index (χ1n) is 9.54. The van der Waals surface area contributed by atoms with Gasteiger partial charge in [0.1, 0.15) is 29.8 Å². The van der Waals surface area contributed by atoms with Crippen LogP contribution in [0.5, 0.6) is 11.5 Å². The number of halogens is 4. The van der Waals surface area contributed by atoms with Gasteiger partial charge in [-0.15, -0.1) is 0 Å². The molecule has 14 heteroatoms. The maximum absolute atomic E-state index is 12.8. The van der Waals surface area contributed by atoms with E-state index in [0.29, 0.717) is 17.8 Å². The Morgan fingerprint density at radius 3 is 2.43 bits per heavy atom. The number of Topliss-reactive ketones (excluding diaryl/α,β-unsaturated/α-hetero) is 1. The number of ether oxygens (including phenoxy) is 3. The van der Waals surface area contributed by atoms with Crippen molar-refractivity contribution in [2.24, 2.45) is 0 Å². The lowest BCUT2D eigenvalue weighted by Crippen LogP contribution is -2.23. The molecule has 188 valence electrons. The molecule has 2 rings (SSSR count). The fraction of sp³-hybridized carbons (Fsp3) is 0.286. The van der Waals surface area contributed by atoms with Gasteiger partial charge in [0.25, 0.3) is 5.69 Å². The van der Waals surface area contributed by atoms with Gasteiger partial charge in [-0.2, -0.15) is 13.2 Å². The summed E-state index contributed by atoms with van der Waals surface area (Å²) < 4.78 is 53.4. The second-order valence-electron chi connectivity index (χ2n) is 6.74. The van der Waals surface area contributed by atoms with Crippen LogP contribution in [0.3, 0.4) is 0 Å². The van der Waals surface area contributed by atoms with Crippen LogP contribution in [0.15, 0.2) is 36.4 Å². The van der Waals surface area contributed by atoms with Crippen LogP contribution in [-0.4, -0.2) is 47.4 Å². The molecule has 2 aromatic carbocycles. The van der Waals surface area contributed by atoms with Crippen molar-refractivity contribution in [2.45, 2.75) is 19.2 Å². The minimum absolute atomic E-state index is 0.113. The van der Waals surface area contributed by atoms with Gasteiger partial charge in [0.15, 0.2) is 5.78 Å². The summed E-state index contributed by atoms with van der Waals surface area (Å²) in [5, 5.41) is 10.4. The molecule has 0 fully saturated rings. The zero-order chi connectivity index (χ0) is 26.3. The third-order valence-corrected chi connectivity index (χ3v) is 5.60. The van der Waals surface area contributed by atoms with Crippen molar-refractivity contribution in [2.75, 3.05) is 19.5 Å². The summed E-state index contributed by atoms with van der Waals surface area (Å²) in [5.41, 5.74) is -2.00. The van der Waals surface area contributed by atoms with Crippen LogP contribution in [0.25, 0.3) is 0 Å². The van der Waals surface area contributed by atoms with Gasteiger partial charge < -0.3 is 14.2 Å². The topological polar surface area (TPSA) is 122 Å². The number of nitro benzene ring substituents is 1. The molecule has 35 heavy (non-hydrogen) atoms. The lowest BCUT2D eigenvalue weighted by molar-refractivity contribution is -0.385. The van der Waals surface area contributed by atoms with Crippen LogP contribution in [0.2, 0.25) is 5.02 Å². The number of esters is 1. The first-order chi connectivity index (χ1) is 16.3. The highest BCUT2D eigenvalue weighted by Crippen LogP contribution is 2.37. The Hall–Kier alpha value is -3.16. The van der Waals surface area contributed by atoms with E-state index in [1.807, 2.05) is 0 Å². The number of rotatable bonds is 10. The second kappa shape index (κ2) is 12.0. The molecule has 0 radical (unpaired) electrons. The van der Waals surface area contributed by atoms with Crippen LogP contribution in [0.4, 0.5) is 18.9 Å². The van der Waals surface area contributed by atoms with Crippen LogP contribution in [-0.2, 0) is 25.2 Å². The highest BCUT2D eigenvalue weighted by Gasteiger charge is 2.31. The fourth-order valence-electron chi connectivity index (χ4n) is 2.50. The molecule has 2 aromatic rings. The quantitative estimate of drug-likeness (QED) is 0.177. The molecular weight excluding hydrogens is 519 g/mol. The van der Waals surface area contributed by atoms with Crippen LogP contribution in [0, 0.1) is 10.1 Å². The average Bonchev–Trinajstić information content (AvgIpc) is 2.80. The van der Waals surface area contributed by atoms with Gasteiger partial charge in [-0.3, -0.25) is 24.5 Å². The van der Waals surface area contributed by atoms with Crippen molar-refractivity contribution in [3.63, 3.8) is 0 Å². The van der Waals surface area contributed by atoms with Crippen molar-refractivity contribution in [3.05, 3.63) is 62.7 Å². The van der Waals surface area contributed by atoms with Crippen molar-refractivity contribution >= 4 is 45.9 Å². The smallest absolute Gasteiger partial charge is 0.416 e. The Labute approximate surface area is 205 Å². The van der Waals surface area contributed by atoms with Crippen LogP contribution >= 0.6 is 23.4 Å². The molecule has 0 amide bonds. The molecule has 0 spiro atoms. The van der Waals surface area contributed by atoms with Crippen LogP contribution < -0.4 is 4.74 Å². The molecule has 0 bridgehead atoms. The maximum Gasteiger partial charge on any atom is 0.416 e. The van der Waals surface area contributed by atoms with E-state index >= 15 is 0 Å². The first-order valence-corrected chi connectivity index (χ1v) is 10.9. The van der Waals surface area contributed by atoms with E-state index in [1.54, 1.807) is 0 Å². The third kappa shape index (κ3) is 7.94. The molecule has 9 nitrogen and oxygen atoms in total. The Kier molecular flexibility index (Phi) is 9.63. The SMILES string of the molecule is COC(=O)CSC(=O)C(C)OCC(=O)c1cc(Oc2ccc(C(F)(F)F)cc2Cl)ccc1[N+](=O)[O-]. The third-order valence-electron chi connectivity index (χ3n) is 4.31. The lowest BCUT2D eigenvalue weighted by Gasteiger charge is -2.13. The fourth-order valence-corrected chi connectivity index (χ4v) is 3.40. The number of thioether (sulfide) groups is 1. The van der Waals surface area contributed by atoms with E-state index in [4.69, 9.17) is 21.1 Å². The largest absolute Gasteiger partial charge is 0.468 e. The number of methoxy groups -OCH3 is 1. The Bertz CT molecular complexity index is 1140. The maximum atomic E-state index is 12.8. The minimum Gasteiger partial charge on any atom is -0.468 e. The molecule has 0 saturated heterocycles. The highest BCUT2D eigenvalue weighted by molar-refractivity contribution is 8.14. The molecule has 1 atom stereocenters. The summed E-state index contributed by atoms with van der Waals surface area (Å²) in [4.78, 5) is 46.2. The van der Waals surface area contributed by atoms with Gasteiger partial charge in [0, 0.05) is 6.07 Å². The summed E-state index contributed by atoms with van der Waals surface area (Å²) in [6.07, 6.45) is -5.73. The van der Waals surface area contributed by atoms with Gasteiger partial charge in [-0.1, -0.05) is 23.4 Å². The first kappa shape index (κ1) is 28.1. The lowest BCUT2D eigenvalue weighted by atomic mass is 10.1. The predicted octanol–water partition coefficient (Wildman–Crippen LogP) is 5.08. The number of nitro groups is 1. The van der Waals surface area contributed by atoms with Crippen molar-refractivity contribution < 1.29 is 46.7 Å². The van der Waals surface area contributed by atoms with Crippen molar-refractivity contribution in [1.29, 1.82) is 0 Å². The monoisotopic (exact) mass is 535 g/mol. The molecule has 1 unspecified atom stereocenters. The summed E-state index contributed by atoms with van der Waals surface area (Å²) in [6, 6.07) is 5.48. The van der Waals surface area contributed by atoms with E-state index in [0.717, 1.165) is 37.4 Å². The van der Waals surface area contributed by atoms with E-state index in [9.17, 15) is 37.7 Å². The highest BCUT2D eigenvalue weighted by atomic mass is 35.5. The van der Waals surface area contributed by atoms with Gasteiger partial charge in [-0.05, 0) is 37.3 Å². The Morgan fingerprint density at radius 2 is 1.86 bits per heavy atom. The molecule has 0 heterocycles. The minimum atomic E-state index is -4.62. The molecule has 0 aliphatic rings. The van der Waals surface area contributed by atoms with Gasteiger partial charge >= 0.3 is 12.1 Å². The number of carbonyl (C=O) groups excluding carboxylic acids is 3. The van der Waals surface area contributed by atoms with Crippen molar-refractivity contribution in [1.82, 2.24) is 0 Å². The normalized spacial score (nSPS) is 12.1. The standard InChI is InChI=1S/C21H17ClF3NO8S/c1-11(20(29)35-10-19(28)32-2)33-9-17(27)14-8-13(4-5-16(14)26(30)31)34-18-6-3-12(7-15(18)22)21(23,24)25/h3-8,11H,9-10H2,1-2H3. The van der Waals surface area contributed by atoms with Gasteiger partial charge in [0.2, 0.25) is 5.12 Å². The number of hydrogen-bond acceptors (Lipinski definition) is 9. The zero-order valence-corrected chi connectivity index (χ0v) is 19.7. The number of nitrogens with zero attached hydrogens (tertiary/aromatic N) is 1. The summed E-state index contributed by atoms with van der Waals surface area (Å²) in [6.45, 7) is 0.622. The Balaban J connectivity index is 2.17. The van der Waals surface area contributed by atoms with E-state index in [1.165, 1.54) is 6.92 Å². The number of ketones is 1. The van der Waals surface area contributed by atoms with Crippen molar-refractivity contribution in [3.8, 4) is 11.5 Å². The number of carbonyl (C=O) groups is 3. The predicted molar refractivity (Wildman–Crippen MR) is 119 cm³/mol. The number of alkyl halides is 3. The second-order valence-corrected chi connectivity index (χ2v) is 8.13. The molecular formula is C21H17ClF3NO8S.